The summed E-state index contributed by atoms with van der Waals surface area (Å²) in [5, 5.41) is 0.735. The highest BCUT2D eigenvalue weighted by molar-refractivity contribution is 6.37. The predicted octanol–water partition coefficient (Wildman–Crippen LogP) is 4.36. The van der Waals surface area contributed by atoms with Crippen molar-refractivity contribution in [1.82, 2.24) is 9.88 Å². The molecule has 23 heavy (non-hydrogen) atoms. The second-order valence-corrected chi connectivity index (χ2v) is 5.97. The highest BCUT2D eigenvalue weighted by Gasteiger charge is 2.19. The Hall–Kier alpha value is -2.04. The number of rotatable bonds is 5. The van der Waals surface area contributed by atoms with Gasteiger partial charge in [-0.3, -0.25) is 4.79 Å². The Kier molecular flexibility index (Phi) is 5.64. The molecule has 1 aromatic heterocycles. The second-order valence-electron chi connectivity index (χ2n) is 5.13. The van der Waals surface area contributed by atoms with Gasteiger partial charge in [-0.2, -0.15) is 0 Å². The van der Waals surface area contributed by atoms with E-state index in [0.717, 1.165) is 5.69 Å². The van der Waals surface area contributed by atoms with Gasteiger partial charge in [0.25, 0.3) is 0 Å². The maximum Gasteiger partial charge on any atom is 0.231 e. The third-order valence-electron chi connectivity index (χ3n) is 2.85. The number of carbonyl (C=O) groups excluding carboxylic acids is 1. The second kappa shape index (κ2) is 7.49. The van der Waals surface area contributed by atoms with Crippen LogP contribution in [-0.2, 0) is 0 Å². The van der Waals surface area contributed by atoms with Crippen LogP contribution in [-0.4, -0.2) is 29.8 Å². The Morgan fingerprint density at radius 3 is 2.57 bits per heavy atom. The van der Waals surface area contributed by atoms with Gasteiger partial charge in [0.15, 0.2) is 5.76 Å². The topological polar surface area (TPSA) is 42.4 Å². The number of nitrogens with zero attached hydrogens (tertiary/aromatic N) is 2. The van der Waals surface area contributed by atoms with Crippen LogP contribution in [0.25, 0.3) is 0 Å². The Labute approximate surface area is 145 Å². The molecule has 0 aliphatic rings. The monoisotopic (exact) mass is 350 g/mol. The maximum atomic E-state index is 12.7. The van der Waals surface area contributed by atoms with Crippen LogP contribution < -0.4 is 4.74 Å². The summed E-state index contributed by atoms with van der Waals surface area (Å²) in [6.07, 6.45) is 1.58. The highest BCUT2D eigenvalue weighted by atomic mass is 35.5. The minimum absolute atomic E-state index is 0.123. The number of ketones is 1. The van der Waals surface area contributed by atoms with Gasteiger partial charge in [-0.1, -0.05) is 29.3 Å². The molecular weight excluding hydrogens is 335 g/mol. The van der Waals surface area contributed by atoms with Crippen molar-refractivity contribution < 1.29 is 9.53 Å². The zero-order chi connectivity index (χ0) is 17.0. The number of allylic oxidation sites excluding steroid dienone is 1. The molecule has 6 heteroatoms. The zero-order valence-corrected chi connectivity index (χ0v) is 14.5. The number of Topliss-reactive ketones (excluding diaryl/α,β-unsaturated/α-hetero) is 1. The first kappa shape index (κ1) is 17.3. The van der Waals surface area contributed by atoms with Crippen molar-refractivity contribution in [3.05, 3.63) is 69.7 Å². The number of halogens is 2. The zero-order valence-electron chi connectivity index (χ0n) is 13.0. The number of ether oxygens (including phenoxy) is 1. The minimum Gasteiger partial charge on any atom is -0.433 e. The Balaban J connectivity index is 2.37. The van der Waals surface area contributed by atoms with Gasteiger partial charge < -0.3 is 9.64 Å². The quantitative estimate of drug-likeness (QED) is 0.456. The van der Waals surface area contributed by atoms with E-state index in [2.05, 4.69) is 4.98 Å². The molecule has 0 atom stereocenters. The molecule has 1 heterocycles. The van der Waals surface area contributed by atoms with Gasteiger partial charge in [0.1, 0.15) is 0 Å². The Bertz CT molecular complexity index is 758. The lowest BCUT2D eigenvalue weighted by atomic mass is 10.1. The van der Waals surface area contributed by atoms with E-state index >= 15 is 0 Å². The molecule has 1 aromatic carbocycles. The molecule has 2 rings (SSSR count). The van der Waals surface area contributed by atoms with E-state index < -0.39 is 0 Å². The van der Waals surface area contributed by atoms with E-state index in [9.17, 15) is 4.79 Å². The largest absolute Gasteiger partial charge is 0.433 e. The number of pyridine rings is 1. The average molecular weight is 351 g/mol. The van der Waals surface area contributed by atoms with Crippen molar-refractivity contribution in [2.24, 2.45) is 0 Å². The van der Waals surface area contributed by atoms with Gasteiger partial charge in [0.2, 0.25) is 11.7 Å². The highest BCUT2D eigenvalue weighted by Crippen LogP contribution is 2.24. The van der Waals surface area contributed by atoms with Gasteiger partial charge in [0.05, 0.1) is 5.02 Å². The van der Waals surface area contributed by atoms with Crippen molar-refractivity contribution in [2.45, 2.75) is 6.92 Å². The number of aromatic nitrogens is 1. The summed E-state index contributed by atoms with van der Waals surface area (Å²) >= 11 is 12.0. The van der Waals surface area contributed by atoms with Crippen LogP contribution >= 0.6 is 23.2 Å². The summed E-state index contributed by atoms with van der Waals surface area (Å²) in [5.41, 5.74) is 1.11. The first-order valence-corrected chi connectivity index (χ1v) is 7.62. The van der Waals surface area contributed by atoms with E-state index in [4.69, 9.17) is 27.9 Å². The van der Waals surface area contributed by atoms with Gasteiger partial charge in [-0.15, -0.1) is 0 Å². The van der Waals surface area contributed by atoms with Crippen molar-refractivity contribution in [3.63, 3.8) is 0 Å². The van der Waals surface area contributed by atoms with E-state index in [-0.39, 0.29) is 16.6 Å². The van der Waals surface area contributed by atoms with Crippen molar-refractivity contribution in [3.8, 4) is 5.88 Å². The lowest BCUT2D eigenvalue weighted by molar-refractivity contribution is 0.0980. The molecule has 0 saturated heterocycles. The van der Waals surface area contributed by atoms with Crippen LogP contribution in [0.15, 0.2) is 48.4 Å². The first-order chi connectivity index (χ1) is 10.9. The first-order valence-electron chi connectivity index (χ1n) is 6.86. The number of hydrogen-bond donors (Lipinski definition) is 0. The lowest BCUT2D eigenvalue weighted by Gasteiger charge is -2.13. The summed E-state index contributed by atoms with van der Waals surface area (Å²) in [4.78, 5) is 18.7. The Morgan fingerprint density at radius 1 is 1.22 bits per heavy atom. The molecule has 0 unspecified atom stereocenters. The molecule has 0 saturated carbocycles. The van der Waals surface area contributed by atoms with E-state index in [1.807, 2.05) is 19.1 Å². The number of benzene rings is 1. The van der Waals surface area contributed by atoms with Crippen LogP contribution in [0.5, 0.6) is 5.88 Å². The fourth-order valence-electron chi connectivity index (χ4n) is 1.86. The van der Waals surface area contributed by atoms with Crippen molar-refractivity contribution in [2.75, 3.05) is 14.1 Å². The third-order valence-corrected chi connectivity index (χ3v) is 3.40. The van der Waals surface area contributed by atoms with Crippen molar-refractivity contribution in [1.29, 1.82) is 0 Å². The van der Waals surface area contributed by atoms with Crippen LogP contribution in [0.2, 0.25) is 10.0 Å². The molecule has 0 fully saturated rings. The van der Waals surface area contributed by atoms with Gasteiger partial charge in [-0.25, -0.2) is 4.98 Å². The third kappa shape index (κ3) is 4.71. The van der Waals surface area contributed by atoms with Gasteiger partial charge >= 0.3 is 0 Å². The van der Waals surface area contributed by atoms with Crippen LogP contribution in [0.1, 0.15) is 16.1 Å². The summed E-state index contributed by atoms with van der Waals surface area (Å²) < 4.78 is 5.67. The fraction of sp³-hybridized carbons (Fsp3) is 0.176. The summed E-state index contributed by atoms with van der Waals surface area (Å²) in [6, 6.07) is 10.1. The van der Waals surface area contributed by atoms with E-state index in [0.29, 0.717) is 16.5 Å². The molecule has 0 amide bonds. The number of hydrogen-bond acceptors (Lipinski definition) is 4. The van der Waals surface area contributed by atoms with Gasteiger partial charge in [0, 0.05) is 42.6 Å². The molecule has 0 bridgehead atoms. The number of aryl methyl sites for hydroxylation is 1. The molecule has 0 spiro atoms. The summed E-state index contributed by atoms with van der Waals surface area (Å²) in [7, 11) is 3.59. The fourth-order valence-corrected chi connectivity index (χ4v) is 2.35. The standard InChI is InChI=1S/C17H16Cl2N2O2/c1-11-5-4-6-16(20-11)23-15(10-21(2)3)17(22)13-8-7-12(18)9-14(13)19/h4-10H,1-3H3. The summed E-state index contributed by atoms with van der Waals surface area (Å²) in [6.45, 7) is 1.85. The SMILES string of the molecule is Cc1cccc(OC(=CN(C)C)C(=O)c2ccc(Cl)cc2Cl)n1. The molecule has 0 aliphatic carbocycles. The van der Waals surface area contributed by atoms with E-state index in [1.54, 1.807) is 43.4 Å². The molecule has 120 valence electrons. The van der Waals surface area contributed by atoms with Crippen LogP contribution in [0.4, 0.5) is 0 Å². The van der Waals surface area contributed by atoms with Gasteiger partial charge in [-0.05, 0) is 31.2 Å². The van der Waals surface area contributed by atoms with Crippen LogP contribution in [0.3, 0.4) is 0 Å². The van der Waals surface area contributed by atoms with E-state index in [1.165, 1.54) is 6.07 Å². The molecule has 0 aliphatic heterocycles. The molecular formula is C17H16Cl2N2O2. The summed E-state index contributed by atoms with van der Waals surface area (Å²) in [5.74, 6) is 0.123. The number of carbonyl (C=O) groups is 1. The Morgan fingerprint density at radius 2 is 1.96 bits per heavy atom. The molecule has 4 nitrogen and oxygen atoms in total. The predicted molar refractivity (Wildman–Crippen MR) is 92.2 cm³/mol. The van der Waals surface area contributed by atoms with Crippen molar-refractivity contribution >= 4 is 29.0 Å². The van der Waals surface area contributed by atoms with Crippen LogP contribution in [0, 0.1) is 6.92 Å². The molecule has 0 radical (unpaired) electrons. The molecule has 0 N–H and O–H groups in total. The molecule has 2 aromatic rings. The maximum absolute atomic E-state index is 12.7. The lowest BCUT2D eigenvalue weighted by Crippen LogP contribution is -2.15. The minimum atomic E-state index is -0.344. The smallest absolute Gasteiger partial charge is 0.231 e. The normalized spacial score (nSPS) is 11.3. The average Bonchev–Trinajstić information content (AvgIpc) is 2.45.